The quantitative estimate of drug-likeness (QED) is 0.759. The average molecular weight is 190 g/mol. The van der Waals surface area contributed by atoms with Crippen molar-refractivity contribution >= 4 is 0 Å². The Bertz CT molecular complexity index is 317. The molecule has 1 aromatic rings. The molecule has 76 valence electrons. The van der Waals surface area contributed by atoms with E-state index >= 15 is 0 Å². The Morgan fingerprint density at radius 1 is 1.43 bits per heavy atom. The third-order valence-corrected chi connectivity index (χ3v) is 3.36. The van der Waals surface area contributed by atoms with E-state index in [-0.39, 0.29) is 0 Å². The van der Waals surface area contributed by atoms with E-state index in [0.29, 0.717) is 12.5 Å². The Kier molecular flexibility index (Phi) is 2.87. The molecule has 1 nitrogen and oxygen atoms in total. The van der Waals surface area contributed by atoms with Crippen LogP contribution < -0.4 is 0 Å². The number of benzene rings is 1. The first-order chi connectivity index (χ1) is 6.81. The number of aliphatic hydroxyl groups is 1. The summed E-state index contributed by atoms with van der Waals surface area (Å²) in [6.45, 7) is 2.54. The molecule has 1 atom stereocenters. The lowest BCUT2D eigenvalue weighted by molar-refractivity contribution is 0.248. The number of hydrogen-bond donors (Lipinski definition) is 1. The molecule has 1 unspecified atom stereocenters. The van der Waals surface area contributed by atoms with Gasteiger partial charge in [-0.3, -0.25) is 0 Å². The molecule has 1 aliphatic carbocycles. The first-order valence-corrected chi connectivity index (χ1v) is 5.49. The molecule has 0 aliphatic heterocycles. The van der Waals surface area contributed by atoms with Gasteiger partial charge < -0.3 is 5.11 Å². The van der Waals surface area contributed by atoms with E-state index in [1.165, 1.54) is 24.0 Å². The number of aryl methyl sites for hydroxylation is 1. The second-order valence-electron chi connectivity index (χ2n) is 4.33. The number of hydrogen-bond acceptors (Lipinski definition) is 1. The van der Waals surface area contributed by atoms with Crippen LogP contribution in [0.1, 0.15) is 29.5 Å². The van der Waals surface area contributed by atoms with Crippen LogP contribution in [0, 0.1) is 12.8 Å². The van der Waals surface area contributed by atoms with Crippen LogP contribution >= 0.6 is 0 Å². The number of fused-ring (bicyclic) bond motifs is 1. The molecule has 0 spiro atoms. The van der Waals surface area contributed by atoms with E-state index in [1.54, 1.807) is 5.56 Å². The van der Waals surface area contributed by atoms with Gasteiger partial charge in [0.25, 0.3) is 0 Å². The van der Waals surface area contributed by atoms with Gasteiger partial charge in [-0.2, -0.15) is 0 Å². The molecule has 0 saturated heterocycles. The van der Waals surface area contributed by atoms with Gasteiger partial charge in [0, 0.05) is 6.61 Å². The summed E-state index contributed by atoms with van der Waals surface area (Å²) in [6.07, 6.45) is 4.58. The zero-order chi connectivity index (χ0) is 9.97. The van der Waals surface area contributed by atoms with Crippen molar-refractivity contribution in [2.75, 3.05) is 6.61 Å². The van der Waals surface area contributed by atoms with Gasteiger partial charge >= 0.3 is 0 Å². The Balaban J connectivity index is 2.18. The van der Waals surface area contributed by atoms with Gasteiger partial charge in [0.15, 0.2) is 0 Å². The maximum absolute atomic E-state index is 8.92. The minimum Gasteiger partial charge on any atom is -0.396 e. The van der Waals surface area contributed by atoms with Gasteiger partial charge in [-0.05, 0) is 55.2 Å². The molecule has 1 N–H and O–H groups in total. The summed E-state index contributed by atoms with van der Waals surface area (Å²) in [5.41, 5.74) is 4.50. The van der Waals surface area contributed by atoms with Crippen molar-refractivity contribution in [1.82, 2.24) is 0 Å². The molecule has 0 aromatic heterocycles. The van der Waals surface area contributed by atoms with Gasteiger partial charge in [-0.25, -0.2) is 0 Å². The molecule has 0 heterocycles. The highest BCUT2D eigenvalue weighted by Crippen LogP contribution is 2.29. The summed E-state index contributed by atoms with van der Waals surface area (Å²) in [5, 5.41) is 8.92. The molecule has 1 aliphatic rings. The molecular formula is C13H18O. The normalized spacial score (nSPS) is 20.6. The van der Waals surface area contributed by atoms with Gasteiger partial charge in [-0.15, -0.1) is 0 Å². The lowest BCUT2D eigenvalue weighted by Gasteiger charge is -2.25. The van der Waals surface area contributed by atoms with Crippen molar-refractivity contribution in [3.8, 4) is 0 Å². The van der Waals surface area contributed by atoms with E-state index in [1.807, 2.05) is 0 Å². The standard InChI is InChI=1S/C13H18O/c1-10-3-2-4-12-9-11(7-8-14)5-6-13(10)12/h2-4,11,14H,5-9H2,1H3. The lowest BCUT2D eigenvalue weighted by atomic mass is 9.81. The summed E-state index contributed by atoms with van der Waals surface area (Å²) < 4.78 is 0. The van der Waals surface area contributed by atoms with Crippen LogP contribution in [0.15, 0.2) is 18.2 Å². The third-order valence-electron chi connectivity index (χ3n) is 3.36. The maximum atomic E-state index is 8.92. The molecular weight excluding hydrogens is 172 g/mol. The van der Waals surface area contributed by atoms with Crippen LogP contribution in [-0.2, 0) is 12.8 Å². The second kappa shape index (κ2) is 4.14. The van der Waals surface area contributed by atoms with Crippen LogP contribution in [0.3, 0.4) is 0 Å². The maximum Gasteiger partial charge on any atom is 0.0433 e. The van der Waals surface area contributed by atoms with Crippen LogP contribution in [-0.4, -0.2) is 11.7 Å². The lowest BCUT2D eigenvalue weighted by Crippen LogP contribution is -2.16. The summed E-state index contributed by atoms with van der Waals surface area (Å²) in [7, 11) is 0. The monoisotopic (exact) mass is 190 g/mol. The zero-order valence-corrected chi connectivity index (χ0v) is 8.79. The van der Waals surface area contributed by atoms with E-state index in [9.17, 15) is 0 Å². The number of rotatable bonds is 2. The topological polar surface area (TPSA) is 20.2 Å². The fourth-order valence-electron chi connectivity index (χ4n) is 2.50. The first-order valence-electron chi connectivity index (χ1n) is 5.49. The summed E-state index contributed by atoms with van der Waals surface area (Å²) in [4.78, 5) is 0. The van der Waals surface area contributed by atoms with Crippen LogP contribution in [0.2, 0.25) is 0 Å². The molecule has 14 heavy (non-hydrogen) atoms. The Hall–Kier alpha value is -0.820. The van der Waals surface area contributed by atoms with Gasteiger partial charge in [0.05, 0.1) is 0 Å². The highest BCUT2D eigenvalue weighted by atomic mass is 16.3. The molecule has 0 fully saturated rings. The highest BCUT2D eigenvalue weighted by molar-refractivity contribution is 5.36. The highest BCUT2D eigenvalue weighted by Gasteiger charge is 2.18. The Morgan fingerprint density at radius 3 is 3.07 bits per heavy atom. The van der Waals surface area contributed by atoms with Crippen molar-refractivity contribution in [2.45, 2.75) is 32.6 Å². The molecule has 2 rings (SSSR count). The van der Waals surface area contributed by atoms with Crippen molar-refractivity contribution in [1.29, 1.82) is 0 Å². The Morgan fingerprint density at radius 2 is 2.29 bits per heavy atom. The van der Waals surface area contributed by atoms with E-state index in [0.717, 1.165) is 12.8 Å². The minimum absolute atomic E-state index is 0.339. The fourth-order valence-corrected chi connectivity index (χ4v) is 2.50. The summed E-state index contributed by atoms with van der Waals surface area (Å²) in [5.74, 6) is 0.703. The van der Waals surface area contributed by atoms with Crippen LogP contribution in [0.25, 0.3) is 0 Å². The summed E-state index contributed by atoms with van der Waals surface area (Å²) in [6, 6.07) is 6.59. The predicted octanol–water partition coefficient (Wildman–Crippen LogP) is 2.48. The fraction of sp³-hybridized carbons (Fsp3) is 0.538. The van der Waals surface area contributed by atoms with E-state index in [4.69, 9.17) is 5.11 Å². The average Bonchev–Trinajstić information content (AvgIpc) is 2.18. The number of aliphatic hydroxyl groups excluding tert-OH is 1. The van der Waals surface area contributed by atoms with Gasteiger partial charge in [0.1, 0.15) is 0 Å². The van der Waals surface area contributed by atoms with Crippen molar-refractivity contribution < 1.29 is 5.11 Å². The minimum atomic E-state index is 0.339. The van der Waals surface area contributed by atoms with Crippen LogP contribution in [0.4, 0.5) is 0 Å². The Labute approximate surface area is 85.8 Å². The van der Waals surface area contributed by atoms with E-state index in [2.05, 4.69) is 25.1 Å². The second-order valence-corrected chi connectivity index (χ2v) is 4.33. The summed E-state index contributed by atoms with van der Waals surface area (Å²) >= 11 is 0. The molecule has 1 heteroatoms. The van der Waals surface area contributed by atoms with Crippen molar-refractivity contribution in [2.24, 2.45) is 5.92 Å². The van der Waals surface area contributed by atoms with Crippen LogP contribution in [0.5, 0.6) is 0 Å². The smallest absolute Gasteiger partial charge is 0.0433 e. The molecule has 0 radical (unpaired) electrons. The van der Waals surface area contributed by atoms with Gasteiger partial charge in [0.2, 0.25) is 0 Å². The molecule has 0 amide bonds. The third kappa shape index (κ3) is 1.83. The van der Waals surface area contributed by atoms with E-state index < -0.39 is 0 Å². The SMILES string of the molecule is Cc1cccc2c1CCC(CCO)C2. The van der Waals surface area contributed by atoms with Gasteiger partial charge in [-0.1, -0.05) is 18.2 Å². The first kappa shape index (κ1) is 9.72. The van der Waals surface area contributed by atoms with Crippen molar-refractivity contribution in [3.63, 3.8) is 0 Å². The molecule has 0 saturated carbocycles. The predicted molar refractivity (Wildman–Crippen MR) is 58.4 cm³/mol. The largest absolute Gasteiger partial charge is 0.396 e. The molecule has 1 aromatic carbocycles. The zero-order valence-electron chi connectivity index (χ0n) is 8.79. The molecule has 0 bridgehead atoms. The van der Waals surface area contributed by atoms with Crippen molar-refractivity contribution in [3.05, 3.63) is 34.9 Å².